The van der Waals surface area contributed by atoms with Gasteiger partial charge < -0.3 is 14.2 Å². The van der Waals surface area contributed by atoms with Gasteiger partial charge in [-0.05, 0) is 110 Å². The zero-order valence-electron chi connectivity index (χ0n) is 24.9. The molecule has 5 saturated carbocycles. The molecule has 0 heterocycles. The van der Waals surface area contributed by atoms with Crippen LogP contribution in [0.2, 0.25) is 0 Å². The van der Waals surface area contributed by atoms with E-state index in [1.54, 1.807) is 0 Å². The first-order valence-electron chi connectivity index (χ1n) is 15.4. The van der Waals surface area contributed by atoms with Crippen LogP contribution in [0.5, 0.6) is 0 Å². The van der Waals surface area contributed by atoms with Crippen molar-refractivity contribution in [3.05, 3.63) is 0 Å². The normalized spacial score (nSPS) is 32.0. The molecule has 4 bridgehead atoms. The highest BCUT2D eigenvalue weighted by Gasteiger charge is 2.58. The Morgan fingerprint density at radius 2 is 1.38 bits per heavy atom. The van der Waals surface area contributed by atoms with E-state index < -0.39 is 41.4 Å². The van der Waals surface area contributed by atoms with Crippen molar-refractivity contribution < 1.29 is 33.4 Å². The van der Waals surface area contributed by atoms with Crippen LogP contribution in [0.1, 0.15) is 118 Å². The predicted molar refractivity (Wildman–Crippen MR) is 146 cm³/mol. The summed E-state index contributed by atoms with van der Waals surface area (Å²) >= 11 is 0. The molecule has 0 aromatic heterocycles. The Bertz CT molecular complexity index is 898. The van der Waals surface area contributed by atoms with Crippen molar-refractivity contribution in [1.82, 2.24) is 0 Å². The fourth-order valence-corrected chi connectivity index (χ4v) is 8.24. The SMILES string of the molecule is CCC(C)(C)C(=O)OCCCC(=O)C1CCCCC1C(=O)OCC(=O)OC(C)(C)C12CC3CC(CC(C3)C1)C2. The molecule has 39 heavy (non-hydrogen) atoms. The quantitative estimate of drug-likeness (QED) is 0.163. The Balaban J connectivity index is 1.24. The van der Waals surface area contributed by atoms with Gasteiger partial charge in [-0.2, -0.15) is 0 Å². The highest BCUT2D eigenvalue weighted by Crippen LogP contribution is 2.64. The van der Waals surface area contributed by atoms with Crippen LogP contribution in [-0.4, -0.2) is 42.5 Å². The van der Waals surface area contributed by atoms with Crippen molar-refractivity contribution in [3.63, 3.8) is 0 Å². The predicted octanol–water partition coefficient (Wildman–Crippen LogP) is 6.20. The van der Waals surface area contributed by atoms with E-state index in [1.165, 1.54) is 19.3 Å². The maximum Gasteiger partial charge on any atom is 0.344 e. The summed E-state index contributed by atoms with van der Waals surface area (Å²) in [5.41, 5.74) is -1.09. The molecule has 0 aromatic carbocycles. The number of Topliss-reactive ketones (excluding diaryl/α,β-unsaturated/α-hetero) is 1. The van der Waals surface area contributed by atoms with Gasteiger partial charge in [-0.25, -0.2) is 4.79 Å². The van der Waals surface area contributed by atoms with Crippen LogP contribution in [0.4, 0.5) is 0 Å². The maximum absolute atomic E-state index is 13.0. The minimum Gasteiger partial charge on any atom is -0.465 e. The molecule has 0 aliphatic heterocycles. The first kappa shape index (κ1) is 30.0. The number of hydrogen-bond acceptors (Lipinski definition) is 7. The van der Waals surface area contributed by atoms with Crippen LogP contribution >= 0.6 is 0 Å². The number of ether oxygens (including phenoxy) is 3. The van der Waals surface area contributed by atoms with Gasteiger partial charge in [0, 0.05) is 17.8 Å². The smallest absolute Gasteiger partial charge is 0.344 e. The van der Waals surface area contributed by atoms with Crippen LogP contribution in [0.3, 0.4) is 0 Å². The first-order valence-corrected chi connectivity index (χ1v) is 15.4. The lowest BCUT2D eigenvalue weighted by molar-refractivity contribution is -0.203. The lowest BCUT2D eigenvalue weighted by Crippen LogP contribution is -2.57. The van der Waals surface area contributed by atoms with Crippen molar-refractivity contribution in [2.45, 2.75) is 124 Å². The molecule has 5 fully saturated rings. The lowest BCUT2D eigenvalue weighted by Gasteiger charge is -2.61. The van der Waals surface area contributed by atoms with E-state index in [4.69, 9.17) is 14.2 Å². The van der Waals surface area contributed by atoms with Crippen LogP contribution in [0.25, 0.3) is 0 Å². The summed E-state index contributed by atoms with van der Waals surface area (Å²) < 4.78 is 16.8. The van der Waals surface area contributed by atoms with Crippen LogP contribution in [0.15, 0.2) is 0 Å². The largest absolute Gasteiger partial charge is 0.465 e. The molecule has 0 N–H and O–H groups in total. The van der Waals surface area contributed by atoms with Crippen molar-refractivity contribution in [2.75, 3.05) is 13.2 Å². The van der Waals surface area contributed by atoms with Gasteiger partial charge in [-0.1, -0.05) is 19.8 Å². The molecule has 2 atom stereocenters. The number of carbonyl (C=O) groups excluding carboxylic acids is 4. The minimum atomic E-state index is -0.592. The Hall–Kier alpha value is -1.92. The summed E-state index contributed by atoms with van der Waals surface area (Å²) in [6, 6.07) is 0. The summed E-state index contributed by atoms with van der Waals surface area (Å²) in [5.74, 6) is 0.0932. The van der Waals surface area contributed by atoms with E-state index in [-0.39, 0.29) is 30.2 Å². The van der Waals surface area contributed by atoms with Crippen molar-refractivity contribution >= 4 is 23.7 Å². The number of carbonyl (C=O) groups is 4. The Labute approximate surface area is 234 Å². The summed E-state index contributed by atoms with van der Waals surface area (Å²) in [7, 11) is 0. The van der Waals surface area contributed by atoms with Gasteiger partial charge in [0.05, 0.1) is 17.9 Å². The summed E-state index contributed by atoms with van der Waals surface area (Å²) in [6.07, 6.45) is 11.7. The second kappa shape index (κ2) is 11.9. The molecule has 0 amide bonds. The lowest BCUT2D eigenvalue weighted by atomic mass is 9.46. The Kier molecular flexibility index (Phi) is 9.17. The minimum absolute atomic E-state index is 0.00739. The van der Waals surface area contributed by atoms with E-state index in [0.29, 0.717) is 25.7 Å². The summed E-state index contributed by atoms with van der Waals surface area (Å²) in [4.78, 5) is 51.0. The Morgan fingerprint density at radius 1 is 0.821 bits per heavy atom. The van der Waals surface area contributed by atoms with Gasteiger partial charge >= 0.3 is 17.9 Å². The van der Waals surface area contributed by atoms with Crippen molar-refractivity contribution in [1.29, 1.82) is 0 Å². The average Bonchev–Trinajstić information content (AvgIpc) is 2.88. The van der Waals surface area contributed by atoms with Gasteiger partial charge in [0.25, 0.3) is 0 Å². The molecule has 2 unspecified atom stereocenters. The standard InChI is InChI=1S/C32H50O7/c1-6-30(2,3)29(36)37-13-9-12-26(33)24-10-7-8-11-25(24)28(35)38-20-27(34)39-31(4,5)32-17-21-14-22(18-32)16-23(15-21)19-32/h21-25H,6-20H2,1-5H3. The molecule has 7 heteroatoms. The van der Waals surface area contributed by atoms with Crippen LogP contribution in [-0.2, 0) is 33.4 Å². The van der Waals surface area contributed by atoms with E-state index in [1.807, 2.05) is 34.6 Å². The third-order valence-electron chi connectivity index (χ3n) is 10.7. The third kappa shape index (κ3) is 6.70. The van der Waals surface area contributed by atoms with Crippen molar-refractivity contribution in [3.8, 4) is 0 Å². The fourth-order valence-electron chi connectivity index (χ4n) is 8.24. The molecular weight excluding hydrogens is 496 g/mol. The van der Waals surface area contributed by atoms with Crippen molar-refractivity contribution in [2.24, 2.45) is 40.4 Å². The zero-order chi connectivity index (χ0) is 28.4. The van der Waals surface area contributed by atoms with Gasteiger partial charge in [0.2, 0.25) is 0 Å². The second-order valence-corrected chi connectivity index (χ2v) is 14.2. The molecule has 0 radical (unpaired) electrons. The second-order valence-electron chi connectivity index (χ2n) is 14.2. The maximum atomic E-state index is 13.0. The summed E-state index contributed by atoms with van der Waals surface area (Å²) in [6.45, 7) is 9.50. The van der Waals surface area contributed by atoms with E-state index in [0.717, 1.165) is 49.9 Å². The molecule has 0 spiro atoms. The molecule has 5 rings (SSSR count). The topological polar surface area (TPSA) is 96.0 Å². The molecular formula is C32H50O7. The van der Waals surface area contributed by atoms with Gasteiger partial charge in [-0.15, -0.1) is 0 Å². The molecule has 5 aliphatic rings. The van der Waals surface area contributed by atoms with E-state index >= 15 is 0 Å². The Morgan fingerprint density at radius 3 is 1.95 bits per heavy atom. The number of esters is 3. The van der Waals surface area contributed by atoms with Crippen LogP contribution in [0, 0.1) is 40.4 Å². The summed E-state index contributed by atoms with van der Waals surface area (Å²) in [5, 5.41) is 0. The highest BCUT2D eigenvalue weighted by molar-refractivity contribution is 5.87. The third-order valence-corrected chi connectivity index (χ3v) is 10.7. The van der Waals surface area contributed by atoms with Crippen LogP contribution < -0.4 is 0 Å². The molecule has 0 saturated heterocycles. The molecule has 5 aliphatic carbocycles. The average molecular weight is 547 g/mol. The molecule has 220 valence electrons. The van der Waals surface area contributed by atoms with Gasteiger partial charge in [0.1, 0.15) is 11.4 Å². The molecule has 0 aromatic rings. The van der Waals surface area contributed by atoms with E-state index in [9.17, 15) is 19.2 Å². The van der Waals surface area contributed by atoms with E-state index in [2.05, 4.69) is 0 Å². The van der Waals surface area contributed by atoms with Gasteiger partial charge in [0.15, 0.2) is 6.61 Å². The number of hydrogen-bond donors (Lipinski definition) is 0. The number of rotatable bonds is 12. The first-order chi connectivity index (χ1) is 18.4. The fraction of sp³-hybridized carbons (Fsp3) is 0.875. The monoisotopic (exact) mass is 546 g/mol. The molecule has 7 nitrogen and oxygen atoms in total. The number of ketones is 1. The zero-order valence-corrected chi connectivity index (χ0v) is 24.9. The highest BCUT2D eigenvalue weighted by atomic mass is 16.6. The van der Waals surface area contributed by atoms with Gasteiger partial charge in [-0.3, -0.25) is 14.4 Å².